The monoisotopic (exact) mass is 332 g/mol. The fraction of sp³-hybridized carbons (Fsp3) is 0.333. The standard InChI is InChI=1S/C18H24O4Si/c1-13-11-15(19-3)7-9-17(13)23(21-5,22-6)18-10-8-16(20-4)12-14(18)2/h7-12H,1-6H3. The fourth-order valence-corrected chi connectivity index (χ4v) is 6.06. The second-order valence-corrected chi connectivity index (χ2v) is 8.51. The summed E-state index contributed by atoms with van der Waals surface area (Å²) in [5.74, 6) is 1.65. The maximum Gasteiger partial charge on any atom is 0.407 e. The van der Waals surface area contributed by atoms with Crippen molar-refractivity contribution < 1.29 is 18.3 Å². The van der Waals surface area contributed by atoms with Crippen LogP contribution in [0.2, 0.25) is 0 Å². The smallest absolute Gasteiger partial charge is 0.407 e. The molecule has 0 N–H and O–H groups in total. The number of benzene rings is 2. The molecule has 0 aliphatic carbocycles. The second kappa shape index (κ2) is 7.17. The van der Waals surface area contributed by atoms with E-state index in [0.717, 1.165) is 33.0 Å². The molecule has 23 heavy (non-hydrogen) atoms. The van der Waals surface area contributed by atoms with Crippen molar-refractivity contribution in [3.05, 3.63) is 47.5 Å². The molecule has 0 radical (unpaired) electrons. The molecule has 0 amide bonds. The molecule has 0 aliphatic heterocycles. The van der Waals surface area contributed by atoms with Crippen LogP contribution < -0.4 is 19.8 Å². The predicted octanol–water partition coefficient (Wildman–Crippen LogP) is 2.17. The first-order valence-electron chi connectivity index (χ1n) is 7.43. The van der Waals surface area contributed by atoms with Gasteiger partial charge in [0.1, 0.15) is 11.5 Å². The first-order chi connectivity index (χ1) is 11.0. The van der Waals surface area contributed by atoms with E-state index in [0.29, 0.717) is 0 Å². The predicted molar refractivity (Wildman–Crippen MR) is 94.5 cm³/mol. The number of rotatable bonds is 6. The average molecular weight is 332 g/mol. The van der Waals surface area contributed by atoms with Crippen LogP contribution in [0.3, 0.4) is 0 Å². The number of methoxy groups -OCH3 is 2. The van der Waals surface area contributed by atoms with Crippen LogP contribution in [0.15, 0.2) is 36.4 Å². The lowest BCUT2D eigenvalue weighted by Gasteiger charge is -2.31. The van der Waals surface area contributed by atoms with E-state index in [4.69, 9.17) is 18.3 Å². The van der Waals surface area contributed by atoms with Gasteiger partial charge in [-0.05, 0) is 49.2 Å². The molecular weight excluding hydrogens is 308 g/mol. The minimum Gasteiger partial charge on any atom is -0.497 e. The van der Waals surface area contributed by atoms with Gasteiger partial charge in [0.2, 0.25) is 0 Å². The van der Waals surface area contributed by atoms with Gasteiger partial charge in [0.25, 0.3) is 0 Å². The maximum atomic E-state index is 6.00. The van der Waals surface area contributed by atoms with Crippen molar-refractivity contribution in [3.63, 3.8) is 0 Å². The highest BCUT2D eigenvalue weighted by molar-refractivity contribution is 6.93. The Morgan fingerprint density at radius 2 is 1.04 bits per heavy atom. The molecule has 4 nitrogen and oxygen atoms in total. The van der Waals surface area contributed by atoms with Crippen LogP contribution in [0.5, 0.6) is 11.5 Å². The summed E-state index contributed by atoms with van der Waals surface area (Å²) in [5, 5.41) is 2.16. The molecule has 0 bridgehead atoms. The van der Waals surface area contributed by atoms with Gasteiger partial charge in [0, 0.05) is 24.6 Å². The average Bonchev–Trinajstić information content (AvgIpc) is 2.58. The molecular formula is C18H24O4Si. The van der Waals surface area contributed by atoms with Gasteiger partial charge >= 0.3 is 8.56 Å². The molecule has 0 aromatic heterocycles. The molecule has 5 heteroatoms. The zero-order valence-corrected chi connectivity index (χ0v) is 15.6. The topological polar surface area (TPSA) is 36.9 Å². The summed E-state index contributed by atoms with van der Waals surface area (Å²) in [5.41, 5.74) is 2.19. The van der Waals surface area contributed by atoms with Crippen molar-refractivity contribution in [2.24, 2.45) is 0 Å². The molecule has 0 spiro atoms. The van der Waals surface area contributed by atoms with Gasteiger partial charge in [-0.2, -0.15) is 0 Å². The number of hydrogen-bond donors (Lipinski definition) is 0. The Morgan fingerprint density at radius 1 is 0.652 bits per heavy atom. The molecule has 0 aliphatic rings. The molecule has 0 saturated carbocycles. The van der Waals surface area contributed by atoms with Crippen LogP contribution in [0.1, 0.15) is 11.1 Å². The summed E-state index contributed by atoms with van der Waals surface area (Å²) in [6, 6.07) is 12.0. The van der Waals surface area contributed by atoms with Gasteiger partial charge in [-0.15, -0.1) is 0 Å². The molecule has 0 heterocycles. The summed E-state index contributed by atoms with van der Waals surface area (Å²) < 4.78 is 22.6. The van der Waals surface area contributed by atoms with Gasteiger partial charge in [-0.3, -0.25) is 0 Å². The summed E-state index contributed by atoms with van der Waals surface area (Å²) in [4.78, 5) is 0. The van der Waals surface area contributed by atoms with Crippen molar-refractivity contribution in [1.29, 1.82) is 0 Å². The van der Waals surface area contributed by atoms with Crippen LogP contribution in [-0.4, -0.2) is 37.0 Å². The highest BCUT2D eigenvalue weighted by Gasteiger charge is 2.43. The normalized spacial score (nSPS) is 11.4. The SMILES string of the molecule is COc1ccc([Si](OC)(OC)c2ccc(OC)cc2C)c(C)c1. The van der Waals surface area contributed by atoms with Crippen molar-refractivity contribution in [3.8, 4) is 11.5 Å². The minimum atomic E-state index is -2.77. The van der Waals surface area contributed by atoms with E-state index in [1.165, 1.54) is 0 Å². The fourth-order valence-electron chi connectivity index (χ4n) is 2.93. The van der Waals surface area contributed by atoms with Crippen LogP contribution in [0.25, 0.3) is 0 Å². The van der Waals surface area contributed by atoms with Crippen molar-refractivity contribution in [2.45, 2.75) is 13.8 Å². The number of aryl methyl sites for hydroxylation is 2. The van der Waals surface area contributed by atoms with E-state index in [9.17, 15) is 0 Å². The summed E-state index contributed by atoms with van der Waals surface area (Å²) >= 11 is 0. The third-order valence-electron chi connectivity index (χ3n) is 4.15. The summed E-state index contributed by atoms with van der Waals surface area (Å²) in [6.07, 6.45) is 0. The quantitative estimate of drug-likeness (QED) is 0.760. The lowest BCUT2D eigenvalue weighted by atomic mass is 10.2. The Labute approximate surface area is 139 Å². The van der Waals surface area contributed by atoms with Crippen molar-refractivity contribution >= 4 is 18.9 Å². The van der Waals surface area contributed by atoms with Crippen molar-refractivity contribution in [2.75, 3.05) is 28.4 Å². The summed E-state index contributed by atoms with van der Waals surface area (Å²) in [6.45, 7) is 4.10. The number of hydrogen-bond acceptors (Lipinski definition) is 4. The largest absolute Gasteiger partial charge is 0.497 e. The maximum absolute atomic E-state index is 6.00. The molecule has 0 fully saturated rings. The van der Waals surface area contributed by atoms with Gasteiger partial charge in [0.05, 0.1) is 14.2 Å². The number of ether oxygens (including phenoxy) is 2. The third-order valence-corrected chi connectivity index (χ3v) is 7.84. The van der Waals surface area contributed by atoms with Crippen LogP contribution in [0, 0.1) is 13.8 Å². The highest BCUT2D eigenvalue weighted by atomic mass is 28.4. The third kappa shape index (κ3) is 3.13. The van der Waals surface area contributed by atoms with E-state index in [2.05, 4.69) is 13.8 Å². The molecule has 0 atom stereocenters. The van der Waals surface area contributed by atoms with Crippen LogP contribution in [0.4, 0.5) is 0 Å². The molecule has 2 aromatic carbocycles. The lowest BCUT2D eigenvalue weighted by molar-refractivity contribution is 0.272. The highest BCUT2D eigenvalue weighted by Crippen LogP contribution is 2.19. The lowest BCUT2D eigenvalue weighted by Crippen LogP contribution is -2.63. The van der Waals surface area contributed by atoms with E-state index in [1.54, 1.807) is 28.4 Å². The Hall–Kier alpha value is -1.82. The summed E-state index contributed by atoms with van der Waals surface area (Å²) in [7, 11) is 3.99. The molecule has 0 saturated heterocycles. The Kier molecular flexibility index (Phi) is 5.46. The Morgan fingerprint density at radius 3 is 1.30 bits per heavy atom. The zero-order valence-electron chi connectivity index (χ0n) is 14.6. The van der Waals surface area contributed by atoms with Crippen LogP contribution in [-0.2, 0) is 8.85 Å². The molecule has 0 unspecified atom stereocenters. The minimum absolute atomic E-state index is 0.827. The molecule has 2 aromatic rings. The van der Waals surface area contributed by atoms with Gasteiger partial charge < -0.3 is 18.3 Å². The van der Waals surface area contributed by atoms with E-state index < -0.39 is 8.56 Å². The zero-order chi connectivity index (χ0) is 17.0. The second-order valence-electron chi connectivity index (χ2n) is 5.39. The molecule has 124 valence electrons. The van der Waals surface area contributed by atoms with E-state index in [1.807, 2.05) is 36.4 Å². The van der Waals surface area contributed by atoms with Crippen molar-refractivity contribution in [1.82, 2.24) is 0 Å². The Bertz CT molecular complexity index is 625. The first kappa shape index (κ1) is 17.5. The first-order valence-corrected chi connectivity index (χ1v) is 9.24. The van der Waals surface area contributed by atoms with Gasteiger partial charge in [-0.25, -0.2) is 0 Å². The van der Waals surface area contributed by atoms with E-state index >= 15 is 0 Å². The molecule has 2 rings (SSSR count). The van der Waals surface area contributed by atoms with Gasteiger partial charge in [-0.1, -0.05) is 12.1 Å². The van der Waals surface area contributed by atoms with Gasteiger partial charge in [0.15, 0.2) is 0 Å². The van der Waals surface area contributed by atoms with Crippen LogP contribution >= 0.6 is 0 Å². The van der Waals surface area contributed by atoms with E-state index in [-0.39, 0.29) is 0 Å². The Balaban J connectivity index is 2.64.